The summed E-state index contributed by atoms with van der Waals surface area (Å²) in [5, 5.41) is 0. The van der Waals surface area contributed by atoms with Gasteiger partial charge in [0.25, 0.3) is 0 Å². The van der Waals surface area contributed by atoms with E-state index in [1.165, 1.54) is 13.3 Å². The highest BCUT2D eigenvalue weighted by atomic mass is 16.5. The Balaban J connectivity index is 1.86. The number of hydrogen-bond acceptors (Lipinski definition) is 2. The van der Waals surface area contributed by atoms with Crippen LogP contribution >= 0.6 is 0 Å². The van der Waals surface area contributed by atoms with Crippen LogP contribution in [-0.2, 0) is 9.53 Å². The average molecular weight is 180 g/mol. The Morgan fingerprint density at radius 3 is 2.54 bits per heavy atom. The predicted octanol–water partition coefficient (Wildman–Crippen LogP) is 1.84. The molecule has 0 heterocycles. The third-order valence-electron chi connectivity index (χ3n) is 5.07. The average Bonchev–Trinajstić information content (AvgIpc) is 2.34. The Morgan fingerprint density at radius 1 is 1.54 bits per heavy atom. The molecule has 0 aromatic rings. The van der Waals surface area contributed by atoms with Crippen LogP contribution in [0.15, 0.2) is 0 Å². The van der Waals surface area contributed by atoms with Gasteiger partial charge in [0.05, 0.1) is 0 Å². The molecular weight excluding hydrogens is 164 g/mol. The second-order valence-corrected chi connectivity index (χ2v) is 5.26. The molecule has 4 aliphatic rings. The van der Waals surface area contributed by atoms with Gasteiger partial charge in [-0.25, -0.2) is 0 Å². The summed E-state index contributed by atoms with van der Waals surface area (Å²) in [5.41, 5.74) is 0.533. The van der Waals surface area contributed by atoms with Crippen LogP contribution in [0.3, 0.4) is 0 Å². The van der Waals surface area contributed by atoms with Gasteiger partial charge in [0, 0.05) is 12.8 Å². The number of rotatable bonds is 1. The minimum atomic E-state index is -0.0981. The quantitative estimate of drug-likeness (QED) is 0.575. The molecule has 0 saturated heterocycles. The van der Waals surface area contributed by atoms with Crippen molar-refractivity contribution in [3.8, 4) is 0 Å². The maximum absolute atomic E-state index is 10.9. The Morgan fingerprint density at radius 2 is 2.23 bits per heavy atom. The molecule has 0 aromatic heterocycles. The maximum Gasteiger partial charge on any atom is 0.302 e. The fraction of sp³-hybridized carbons (Fsp3) is 0.909. The lowest BCUT2D eigenvalue weighted by Gasteiger charge is -2.17. The summed E-state index contributed by atoms with van der Waals surface area (Å²) < 4.78 is 5.42. The van der Waals surface area contributed by atoms with E-state index in [9.17, 15) is 4.79 Å². The number of ether oxygens (including phenoxy) is 1. The molecule has 0 amide bonds. The van der Waals surface area contributed by atoms with Crippen molar-refractivity contribution in [3.63, 3.8) is 0 Å². The zero-order chi connectivity index (χ0) is 9.38. The molecule has 4 saturated carbocycles. The molecule has 13 heavy (non-hydrogen) atoms. The van der Waals surface area contributed by atoms with E-state index in [0.29, 0.717) is 17.3 Å². The molecule has 0 aromatic carbocycles. The zero-order valence-corrected chi connectivity index (χ0v) is 8.41. The number of carbonyl (C=O) groups is 1. The van der Waals surface area contributed by atoms with Gasteiger partial charge in [0.15, 0.2) is 0 Å². The molecule has 6 unspecified atom stereocenters. The summed E-state index contributed by atoms with van der Waals surface area (Å²) in [6.45, 7) is 6.23. The SMILES string of the molecule is CC(=O)OC1C2CC3C1C3(C)C2C. The van der Waals surface area contributed by atoms with Gasteiger partial charge in [0.2, 0.25) is 0 Å². The molecule has 4 fully saturated rings. The topological polar surface area (TPSA) is 26.3 Å². The van der Waals surface area contributed by atoms with Crippen molar-refractivity contribution in [2.75, 3.05) is 0 Å². The van der Waals surface area contributed by atoms with Crippen molar-refractivity contribution in [3.05, 3.63) is 0 Å². The van der Waals surface area contributed by atoms with Gasteiger partial charge < -0.3 is 4.74 Å². The van der Waals surface area contributed by atoms with Gasteiger partial charge >= 0.3 is 5.97 Å². The van der Waals surface area contributed by atoms with Crippen LogP contribution in [0, 0.1) is 29.1 Å². The van der Waals surface area contributed by atoms with Crippen LogP contribution < -0.4 is 0 Å². The Hall–Kier alpha value is -0.530. The minimum absolute atomic E-state index is 0.0981. The predicted molar refractivity (Wildman–Crippen MR) is 47.9 cm³/mol. The van der Waals surface area contributed by atoms with Crippen LogP contribution in [-0.4, -0.2) is 12.1 Å². The first-order chi connectivity index (χ1) is 6.06. The largest absolute Gasteiger partial charge is 0.462 e. The lowest BCUT2D eigenvalue weighted by molar-refractivity contribution is -0.148. The first-order valence-corrected chi connectivity index (χ1v) is 5.24. The van der Waals surface area contributed by atoms with E-state index < -0.39 is 0 Å². The van der Waals surface area contributed by atoms with Crippen molar-refractivity contribution in [1.82, 2.24) is 0 Å². The smallest absolute Gasteiger partial charge is 0.302 e. The molecule has 0 spiro atoms. The van der Waals surface area contributed by atoms with E-state index in [1.54, 1.807) is 0 Å². The van der Waals surface area contributed by atoms with E-state index in [0.717, 1.165) is 11.8 Å². The van der Waals surface area contributed by atoms with Crippen molar-refractivity contribution >= 4 is 5.97 Å². The molecule has 4 rings (SSSR count). The first kappa shape index (κ1) is 7.84. The Labute approximate surface area is 78.6 Å². The molecule has 4 bridgehead atoms. The van der Waals surface area contributed by atoms with Gasteiger partial charge in [-0.1, -0.05) is 13.8 Å². The van der Waals surface area contributed by atoms with Crippen molar-refractivity contribution < 1.29 is 9.53 Å². The highest BCUT2D eigenvalue weighted by molar-refractivity contribution is 5.66. The second kappa shape index (κ2) is 1.94. The van der Waals surface area contributed by atoms with Gasteiger partial charge in [-0.2, -0.15) is 0 Å². The standard InChI is InChI=1S/C11H16O2/c1-5-7-4-8-9(11(5,8)3)10(7)13-6(2)12/h5,7-10H,4H2,1-3H3. The molecule has 2 nitrogen and oxygen atoms in total. The lowest BCUT2D eigenvalue weighted by atomic mass is 9.93. The molecule has 4 aliphatic carbocycles. The summed E-state index contributed by atoms with van der Waals surface area (Å²) in [6.07, 6.45) is 1.57. The highest BCUT2D eigenvalue weighted by Crippen LogP contribution is 2.81. The van der Waals surface area contributed by atoms with Gasteiger partial charge in [0.1, 0.15) is 6.10 Å². The van der Waals surface area contributed by atoms with Gasteiger partial charge in [-0.15, -0.1) is 0 Å². The fourth-order valence-electron chi connectivity index (χ4n) is 4.28. The van der Waals surface area contributed by atoms with E-state index >= 15 is 0 Å². The Kier molecular flexibility index (Phi) is 1.17. The van der Waals surface area contributed by atoms with Crippen LogP contribution in [0.2, 0.25) is 0 Å². The summed E-state index contributed by atoms with van der Waals surface area (Å²) in [7, 11) is 0. The fourth-order valence-corrected chi connectivity index (χ4v) is 4.28. The van der Waals surface area contributed by atoms with Crippen molar-refractivity contribution in [2.45, 2.75) is 33.3 Å². The number of esters is 1. The van der Waals surface area contributed by atoms with Gasteiger partial charge in [-0.05, 0) is 29.6 Å². The lowest BCUT2D eigenvalue weighted by Crippen LogP contribution is -2.21. The molecule has 2 heteroatoms. The molecule has 0 radical (unpaired) electrons. The van der Waals surface area contributed by atoms with E-state index in [-0.39, 0.29) is 12.1 Å². The number of hydrogen-bond donors (Lipinski definition) is 0. The summed E-state index contributed by atoms with van der Waals surface area (Å²) in [4.78, 5) is 10.9. The third kappa shape index (κ3) is 0.660. The monoisotopic (exact) mass is 180 g/mol. The summed E-state index contributed by atoms with van der Waals surface area (Å²) >= 11 is 0. The summed E-state index contributed by atoms with van der Waals surface area (Å²) in [6, 6.07) is 0. The van der Waals surface area contributed by atoms with Gasteiger partial charge in [-0.3, -0.25) is 4.79 Å². The molecule has 6 atom stereocenters. The van der Waals surface area contributed by atoms with Crippen LogP contribution in [0.5, 0.6) is 0 Å². The molecule has 72 valence electrons. The van der Waals surface area contributed by atoms with Crippen LogP contribution in [0.4, 0.5) is 0 Å². The normalized spacial score (nSPS) is 61.0. The zero-order valence-electron chi connectivity index (χ0n) is 8.41. The highest BCUT2D eigenvalue weighted by Gasteiger charge is 2.80. The van der Waals surface area contributed by atoms with Crippen LogP contribution in [0.1, 0.15) is 27.2 Å². The van der Waals surface area contributed by atoms with Crippen LogP contribution in [0.25, 0.3) is 0 Å². The van der Waals surface area contributed by atoms with E-state index in [2.05, 4.69) is 13.8 Å². The Bertz CT molecular complexity index is 284. The van der Waals surface area contributed by atoms with E-state index in [1.807, 2.05) is 0 Å². The molecule has 0 aliphatic heterocycles. The van der Waals surface area contributed by atoms with Crippen molar-refractivity contribution in [1.29, 1.82) is 0 Å². The van der Waals surface area contributed by atoms with E-state index in [4.69, 9.17) is 4.74 Å². The maximum atomic E-state index is 10.9. The molecular formula is C11H16O2. The van der Waals surface area contributed by atoms with Crippen molar-refractivity contribution in [2.24, 2.45) is 29.1 Å². The second-order valence-electron chi connectivity index (χ2n) is 5.26. The third-order valence-corrected chi connectivity index (χ3v) is 5.07. The number of carbonyl (C=O) groups excluding carboxylic acids is 1. The minimum Gasteiger partial charge on any atom is -0.462 e. The summed E-state index contributed by atoms with van der Waals surface area (Å²) in [5.74, 6) is 2.92. The first-order valence-electron chi connectivity index (χ1n) is 5.24. The molecule has 0 N–H and O–H groups in total.